The molecule has 0 aromatic heterocycles. The van der Waals surface area contributed by atoms with Crippen LogP contribution in [0.2, 0.25) is 0 Å². The molecule has 1 atom stereocenters. The summed E-state index contributed by atoms with van der Waals surface area (Å²) in [5.41, 5.74) is 0. The van der Waals surface area contributed by atoms with E-state index in [0.29, 0.717) is 12.8 Å². The minimum absolute atomic E-state index is 0.0506. The second kappa shape index (κ2) is 2.27. The highest BCUT2D eigenvalue weighted by molar-refractivity contribution is 6.03. The van der Waals surface area contributed by atoms with E-state index in [9.17, 15) is 9.59 Å². The van der Waals surface area contributed by atoms with Crippen LogP contribution in [-0.4, -0.2) is 22.8 Å². The van der Waals surface area contributed by atoms with Gasteiger partial charge in [0.1, 0.15) is 11.9 Å². The van der Waals surface area contributed by atoms with Gasteiger partial charge in [-0.25, -0.2) is 0 Å². The largest absolute Gasteiger partial charge is 0.385 e. The van der Waals surface area contributed by atoms with Crippen LogP contribution in [0, 0.1) is 0 Å². The zero-order chi connectivity index (χ0) is 6.85. The monoisotopic (exact) mass is 128 g/mol. The van der Waals surface area contributed by atoms with Crippen LogP contribution in [0.5, 0.6) is 0 Å². The highest BCUT2D eigenvalue weighted by atomic mass is 16.3. The summed E-state index contributed by atoms with van der Waals surface area (Å²) in [7, 11) is 0. The van der Waals surface area contributed by atoms with Crippen molar-refractivity contribution >= 4 is 11.6 Å². The summed E-state index contributed by atoms with van der Waals surface area (Å²) in [5, 5.41) is 8.79. The lowest BCUT2D eigenvalue weighted by Gasteiger charge is -2.12. The molecule has 9 heavy (non-hydrogen) atoms. The van der Waals surface area contributed by atoms with Gasteiger partial charge in [0.05, 0.1) is 6.42 Å². The highest BCUT2D eigenvalue weighted by Gasteiger charge is 2.24. The molecule has 0 aliphatic heterocycles. The van der Waals surface area contributed by atoms with Gasteiger partial charge >= 0.3 is 0 Å². The first-order valence-corrected chi connectivity index (χ1v) is 2.92. The van der Waals surface area contributed by atoms with Gasteiger partial charge in [-0.1, -0.05) is 0 Å². The molecule has 0 heterocycles. The van der Waals surface area contributed by atoms with Crippen molar-refractivity contribution < 1.29 is 14.7 Å². The first-order chi connectivity index (χ1) is 4.20. The summed E-state index contributed by atoms with van der Waals surface area (Å²) in [4.78, 5) is 21.0. The van der Waals surface area contributed by atoms with Gasteiger partial charge in [0, 0.05) is 6.42 Å². The predicted molar refractivity (Wildman–Crippen MR) is 29.9 cm³/mol. The van der Waals surface area contributed by atoms with E-state index < -0.39 is 6.10 Å². The Morgan fingerprint density at radius 2 is 2.11 bits per heavy atom. The van der Waals surface area contributed by atoms with E-state index in [1.807, 2.05) is 0 Å². The summed E-state index contributed by atoms with van der Waals surface area (Å²) in [6, 6.07) is 0. The molecular formula is C6H8O3. The Hall–Kier alpha value is -0.700. The van der Waals surface area contributed by atoms with Crippen molar-refractivity contribution in [1.29, 1.82) is 0 Å². The maximum absolute atomic E-state index is 10.5. The Labute approximate surface area is 52.7 Å². The van der Waals surface area contributed by atoms with E-state index in [4.69, 9.17) is 5.11 Å². The maximum Gasteiger partial charge on any atom is 0.168 e. The van der Waals surface area contributed by atoms with Crippen molar-refractivity contribution in [3.63, 3.8) is 0 Å². The molecule has 1 unspecified atom stereocenters. The van der Waals surface area contributed by atoms with Gasteiger partial charge in [0.2, 0.25) is 0 Å². The van der Waals surface area contributed by atoms with Crippen molar-refractivity contribution in [3.8, 4) is 0 Å². The highest BCUT2D eigenvalue weighted by Crippen LogP contribution is 2.10. The smallest absolute Gasteiger partial charge is 0.168 e. The number of rotatable bonds is 0. The van der Waals surface area contributed by atoms with Crippen LogP contribution in [0.25, 0.3) is 0 Å². The van der Waals surface area contributed by atoms with E-state index in [1.165, 1.54) is 0 Å². The molecule has 50 valence electrons. The SMILES string of the molecule is O=C1CCC(O)C(=O)C1. The van der Waals surface area contributed by atoms with E-state index in [0.717, 1.165) is 0 Å². The van der Waals surface area contributed by atoms with E-state index in [-0.39, 0.29) is 18.0 Å². The van der Waals surface area contributed by atoms with Crippen molar-refractivity contribution in [1.82, 2.24) is 0 Å². The van der Waals surface area contributed by atoms with Crippen molar-refractivity contribution in [2.75, 3.05) is 0 Å². The van der Waals surface area contributed by atoms with E-state index >= 15 is 0 Å². The average molecular weight is 128 g/mol. The summed E-state index contributed by atoms with van der Waals surface area (Å²) in [5.74, 6) is -0.378. The Morgan fingerprint density at radius 1 is 1.44 bits per heavy atom. The molecule has 0 aromatic rings. The molecule has 1 rings (SSSR count). The zero-order valence-corrected chi connectivity index (χ0v) is 4.96. The molecule has 0 saturated heterocycles. The first-order valence-electron chi connectivity index (χ1n) is 2.92. The van der Waals surface area contributed by atoms with Gasteiger partial charge in [-0.05, 0) is 6.42 Å². The van der Waals surface area contributed by atoms with Crippen LogP contribution in [-0.2, 0) is 9.59 Å². The molecule has 0 aromatic carbocycles. The molecule has 1 aliphatic carbocycles. The van der Waals surface area contributed by atoms with E-state index in [2.05, 4.69) is 0 Å². The summed E-state index contributed by atoms with van der Waals surface area (Å²) < 4.78 is 0. The molecule has 0 spiro atoms. The number of Topliss-reactive ketones (excluding diaryl/α,β-unsaturated/α-hetero) is 2. The predicted octanol–water partition coefficient (Wildman–Crippen LogP) is -0.331. The molecule has 0 bridgehead atoms. The van der Waals surface area contributed by atoms with E-state index in [1.54, 1.807) is 0 Å². The lowest BCUT2D eigenvalue weighted by Crippen LogP contribution is -2.28. The molecule has 0 radical (unpaired) electrons. The number of carbonyl (C=O) groups excluding carboxylic acids is 2. The van der Waals surface area contributed by atoms with Gasteiger partial charge < -0.3 is 5.11 Å². The lowest BCUT2D eigenvalue weighted by molar-refractivity contribution is -0.136. The standard InChI is InChI=1S/C6H8O3/c7-4-1-2-5(8)6(9)3-4/h5,8H,1-3H2. The lowest BCUT2D eigenvalue weighted by atomic mass is 9.95. The van der Waals surface area contributed by atoms with Crippen molar-refractivity contribution in [2.24, 2.45) is 0 Å². The van der Waals surface area contributed by atoms with Crippen LogP contribution >= 0.6 is 0 Å². The minimum Gasteiger partial charge on any atom is -0.385 e. The fourth-order valence-electron chi connectivity index (χ4n) is 0.859. The molecule has 1 saturated carbocycles. The van der Waals surface area contributed by atoms with Gasteiger partial charge in [-0.15, -0.1) is 0 Å². The fourth-order valence-corrected chi connectivity index (χ4v) is 0.859. The Kier molecular flexibility index (Phi) is 1.62. The average Bonchev–Trinajstić information content (AvgIpc) is 1.80. The minimum atomic E-state index is -0.873. The molecular weight excluding hydrogens is 120 g/mol. The maximum atomic E-state index is 10.5. The quantitative estimate of drug-likeness (QED) is 0.454. The number of carbonyl (C=O) groups is 2. The van der Waals surface area contributed by atoms with Crippen LogP contribution < -0.4 is 0 Å². The topological polar surface area (TPSA) is 54.4 Å². The number of ketones is 2. The number of aliphatic hydroxyl groups excluding tert-OH is 1. The normalized spacial score (nSPS) is 28.8. The van der Waals surface area contributed by atoms with Gasteiger partial charge in [-0.2, -0.15) is 0 Å². The van der Waals surface area contributed by atoms with Crippen LogP contribution in [0.15, 0.2) is 0 Å². The van der Waals surface area contributed by atoms with Gasteiger partial charge in [0.15, 0.2) is 5.78 Å². The summed E-state index contributed by atoms with van der Waals surface area (Å²) in [6.07, 6.45) is -0.270. The Balaban J connectivity index is 2.54. The van der Waals surface area contributed by atoms with Gasteiger partial charge in [0.25, 0.3) is 0 Å². The molecule has 3 nitrogen and oxygen atoms in total. The van der Waals surface area contributed by atoms with Crippen LogP contribution in [0.3, 0.4) is 0 Å². The Bertz CT molecular complexity index is 150. The van der Waals surface area contributed by atoms with Crippen molar-refractivity contribution in [2.45, 2.75) is 25.4 Å². The fraction of sp³-hybridized carbons (Fsp3) is 0.667. The third-order valence-corrected chi connectivity index (χ3v) is 1.44. The van der Waals surface area contributed by atoms with Crippen LogP contribution in [0.1, 0.15) is 19.3 Å². The molecule has 1 fully saturated rings. The third-order valence-electron chi connectivity index (χ3n) is 1.44. The number of aliphatic hydroxyl groups is 1. The molecule has 3 heteroatoms. The number of hydrogen-bond acceptors (Lipinski definition) is 3. The number of hydrogen-bond donors (Lipinski definition) is 1. The Morgan fingerprint density at radius 3 is 2.56 bits per heavy atom. The first kappa shape index (κ1) is 6.42. The molecule has 0 amide bonds. The summed E-state index contributed by atoms with van der Waals surface area (Å²) >= 11 is 0. The second-order valence-electron chi connectivity index (χ2n) is 2.24. The summed E-state index contributed by atoms with van der Waals surface area (Å²) in [6.45, 7) is 0. The third kappa shape index (κ3) is 1.36. The van der Waals surface area contributed by atoms with Crippen LogP contribution in [0.4, 0.5) is 0 Å². The van der Waals surface area contributed by atoms with Gasteiger partial charge in [-0.3, -0.25) is 9.59 Å². The van der Waals surface area contributed by atoms with Crippen molar-refractivity contribution in [3.05, 3.63) is 0 Å². The molecule has 1 N–H and O–H groups in total. The molecule has 1 aliphatic rings. The zero-order valence-electron chi connectivity index (χ0n) is 4.96. The second-order valence-corrected chi connectivity index (χ2v) is 2.24.